The third-order valence-electron chi connectivity index (χ3n) is 8.90. The lowest BCUT2D eigenvalue weighted by Gasteiger charge is -2.46. The van der Waals surface area contributed by atoms with Crippen LogP contribution in [0.25, 0.3) is 4.96 Å². The van der Waals surface area contributed by atoms with E-state index in [1.54, 1.807) is 26.5 Å². The second kappa shape index (κ2) is 10.9. The number of likely N-dealkylation sites (tertiary alicyclic amines) is 1. The van der Waals surface area contributed by atoms with E-state index in [4.69, 9.17) is 11.6 Å². The van der Waals surface area contributed by atoms with E-state index in [1.807, 2.05) is 11.6 Å². The fourth-order valence-corrected chi connectivity index (χ4v) is 7.52. The number of imidazole rings is 1. The summed E-state index contributed by atoms with van der Waals surface area (Å²) in [5, 5.41) is 4.80. The number of benzene rings is 1. The number of thiazole rings is 1. The molecule has 0 atom stereocenters. The van der Waals surface area contributed by atoms with E-state index in [2.05, 4.69) is 15.3 Å². The number of alkyl halides is 2. The minimum Gasteiger partial charge on any atom is -0.349 e. The predicted molar refractivity (Wildman–Crippen MR) is 157 cm³/mol. The van der Waals surface area contributed by atoms with Crippen molar-refractivity contribution in [1.82, 2.24) is 24.6 Å². The predicted octanol–water partition coefficient (Wildman–Crippen LogP) is 5.25. The lowest BCUT2D eigenvalue weighted by atomic mass is 9.74. The molecule has 1 spiro atoms. The summed E-state index contributed by atoms with van der Waals surface area (Å²) in [7, 11) is 0. The molecule has 4 aromatic rings. The molecule has 7 rings (SSSR count). The van der Waals surface area contributed by atoms with Gasteiger partial charge in [0.2, 0.25) is 5.91 Å². The molecule has 0 bridgehead atoms. The van der Waals surface area contributed by atoms with Crippen molar-refractivity contribution in [2.24, 2.45) is 5.92 Å². The Morgan fingerprint density at radius 1 is 1.16 bits per heavy atom. The Kier molecular flexibility index (Phi) is 7.12. The third kappa shape index (κ3) is 4.82. The van der Waals surface area contributed by atoms with Gasteiger partial charge in [-0.2, -0.15) is 0 Å². The molecule has 9 nitrogen and oxygen atoms in total. The number of fused-ring (bicyclic) bond motifs is 3. The molecular weight excluding hydrogens is 617 g/mol. The third-order valence-corrected chi connectivity index (χ3v) is 9.88. The van der Waals surface area contributed by atoms with Gasteiger partial charge in [-0.05, 0) is 55.4 Å². The van der Waals surface area contributed by atoms with Crippen LogP contribution in [0.4, 0.5) is 18.9 Å². The quantitative estimate of drug-likeness (QED) is 0.310. The number of pyridine rings is 1. The van der Waals surface area contributed by atoms with Crippen LogP contribution in [-0.2, 0) is 10.2 Å². The maximum atomic E-state index is 14.4. The standard InChI is InChI=1S/C30H26ClF3N6O3S/c31-17-9-20(24(25(33)34)35-11-17)26(41)36-19-4-1-16(2-5-19)12-40-23-10-18(32)3-6-21(23)30(28(40)43)14-39(15-30)27(42)22-13-38-7-8-44-29(38)37-22/h3,6-11,13,16,19,25H,1-2,4-5,12,14-15H2,(H,36,41). The van der Waals surface area contributed by atoms with Crippen molar-refractivity contribution >= 4 is 51.3 Å². The number of aromatic nitrogens is 3. The van der Waals surface area contributed by atoms with E-state index in [1.165, 1.54) is 29.5 Å². The lowest BCUT2D eigenvalue weighted by molar-refractivity contribution is -0.128. The molecule has 228 valence electrons. The van der Waals surface area contributed by atoms with Gasteiger partial charge in [0.1, 0.15) is 22.6 Å². The van der Waals surface area contributed by atoms with Crippen molar-refractivity contribution in [1.29, 1.82) is 0 Å². The summed E-state index contributed by atoms with van der Waals surface area (Å²) < 4.78 is 43.0. The van der Waals surface area contributed by atoms with Crippen LogP contribution in [0.5, 0.6) is 0 Å². The first kappa shape index (κ1) is 28.8. The topological polar surface area (TPSA) is 99.9 Å². The van der Waals surface area contributed by atoms with Gasteiger partial charge in [-0.25, -0.2) is 18.2 Å². The van der Waals surface area contributed by atoms with Gasteiger partial charge in [0, 0.05) is 49.6 Å². The minimum absolute atomic E-state index is 0.0825. The first-order chi connectivity index (χ1) is 21.1. The molecule has 0 unspecified atom stereocenters. The molecule has 44 heavy (non-hydrogen) atoms. The number of carbonyl (C=O) groups is 3. The van der Waals surface area contributed by atoms with Gasteiger partial charge in [-0.15, -0.1) is 11.3 Å². The Hall–Kier alpha value is -3.97. The highest BCUT2D eigenvalue weighted by Crippen LogP contribution is 2.48. The maximum Gasteiger partial charge on any atom is 0.281 e. The van der Waals surface area contributed by atoms with E-state index in [0.29, 0.717) is 54.1 Å². The Balaban J connectivity index is 1.01. The van der Waals surface area contributed by atoms with E-state index in [0.717, 1.165) is 6.20 Å². The van der Waals surface area contributed by atoms with Crippen LogP contribution < -0.4 is 10.2 Å². The molecule has 1 N–H and O–H groups in total. The van der Waals surface area contributed by atoms with Crippen molar-refractivity contribution in [3.63, 3.8) is 0 Å². The lowest BCUT2D eigenvalue weighted by Crippen LogP contribution is -2.65. The highest BCUT2D eigenvalue weighted by atomic mass is 35.5. The molecule has 2 fully saturated rings. The second-order valence-corrected chi connectivity index (χ2v) is 12.9. The fourth-order valence-electron chi connectivity index (χ4n) is 6.66. The monoisotopic (exact) mass is 642 g/mol. The van der Waals surface area contributed by atoms with Gasteiger partial charge >= 0.3 is 0 Å². The van der Waals surface area contributed by atoms with Crippen LogP contribution in [-0.4, -0.2) is 62.7 Å². The first-order valence-corrected chi connectivity index (χ1v) is 15.5. The van der Waals surface area contributed by atoms with Crippen LogP contribution >= 0.6 is 22.9 Å². The second-order valence-electron chi connectivity index (χ2n) is 11.6. The molecule has 1 saturated heterocycles. The number of anilines is 1. The molecule has 0 radical (unpaired) electrons. The van der Waals surface area contributed by atoms with Crippen LogP contribution in [0.3, 0.4) is 0 Å². The van der Waals surface area contributed by atoms with Gasteiger partial charge in [-0.3, -0.25) is 23.8 Å². The van der Waals surface area contributed by atoms with Crippen molar-refractivity contribution < 1.29 is 27.6 Å². The summed E-state index contributed by atoms with van der Waals surface area (Å²) >= 11 is 7.32. The zero-order chi connectivity index (χ0) is 30.7. The van der Waals surface area contributed by atoms with E-state index in [-0.39, 0.29) is 47.4 Å². The summed E-state index contributed by atoms with van der Waals surface area (Å²) in [4.78, 5) is 51.9. The summed E-state index contributed by atoms with van der Waals surface area (Å²) in [5.41, 5.74) is -0.253. The SMILES string of the molecule is O=C(NC1CCC(CN2C(=O)C3(CN(C(=O)c4cn5ccsc5n4)C3)c3ccc(F)cc32)CC1)c1cc(Cl)cnc1C(F)F. The zero-order valence-corrected chi connectivity index (χ0v) is 24.8. The molecule has 1 saturated carbocycles. The van der Waals surface area contributed by atoms with Crippen LogP contribution in [0, 0.1) is 11.7 Å². The number of rotatable bonds is 6. The summed E-state index contributed by atoms with van der Waals surface area (Å²) in [6.07, 6.45) is 4.18. The van der Waals surface area contributed by atoms with E-state index in [9.17, 15) is 27.6 Å². The molecule has 3 aliphatic rings. The number of amides is 3. The Labute approximate surface area is 258 Å². The average molecular weight is 643 g/mol. The number of halogens is 4. The summed E-state index contributed by atoms with van der Waals surface area (Å²) in [5.74, 6) is -1.43. The van der Waals surface area contributed by atoms with Crippen molar-refractivity contribution in [2.75, 3.05) is 24.5 Å². The van der Waals surface area contributed by atoms with Gasteiger partial charge in [-0.1, -0.05) is 17.7 Å². The minimum atomic E-state index is -2.92. The van der Waals surface area contributed by atoms with Gasteiger partial charge in [0.05, 0.1) is 16.3 Å². The Morgan fingerprint density at radius 2 is 1.93 bits per heavy atom. The molecule has 14 heteroatoms. The molecule has 2 aliphatic heterocycles. The van der Waals surface area contributed by atoms with Gasteiger partial charge in [0.25, 0.3) is 18.2 Å². The first-order valence-electron chi connectivity index (χ1n) is 14.2. The average Bonchev–Trinajstić information content (AvgIpc) is 3.65. The molecule has 5 heterocycles. The smallest absolute Gasteiger partial charge is 0.281 e. The highest BCUT2D eigenvalue weighted by Gasteiger charge is 2.59. The Bertz CT molecular complexity index is 1770. The fraction of sp³-hybridized carbons (Fsp3) is 0.367. The molecule has 3 amide bonds. The van der Waals surface area contributed by atoms with Crippen LogP contribution in [0.15, 0.2) is 48.2 Å². The van der Waals surface area contributed by atoms with Gasteiger partial charge in [0.15, 0.2) is 4.96 Å². The van der Waals surface area contributed by atoms with Crippen LogP contribution in [0.2, 0.25) is 5.02 Å². The summed E-state index contributed by atoms with van der Waals surface area (Å²) in [6.45, 7) is 0.738. The normalized spacial score (nSPS) is 20.8. The Morgan fingerprint density at radius 3 is 2.66 bits per heavy atom. The number of nitrogens with zero attached hydrogens (tertiary/aromatic N) is 5. The van der Waals surface area contributed by atoms with Crippen molar-refractivity contribution in [2.45, 2.75) is 43.6 Å². The molecular formula is C30H26ClF3N6O3S. The van der Waals surface area contributed by atoms with Gasteiger partial charge < -0.3 is 15.1 Å². The number of hydrogen-bond donors (Lipinski definition) is 1. The van der Waals surface area contributed by atoms with Crippen molar-refractivity contribution in [3.8, 4) is 0 Å². The van der Waals surface area contributed by atoms with Crippen LogP contribution in [0.1, 0.15) is 64.2 Å². The number of nitrogens with one attached hydrogen (secondary N) is 1. The number of hydrogen-bond acceptors (Lipinski definition) is 6. The van der Waals surface area contributed by atoms with E-state index >= 15 is 0 Å². The molecule has 3 aromatic heterocycles. The van der Waals surface area contributed by atoms with E-state index < -0.39 is 29.3 Å². The summed E-state index contributed by atoms with van der Waals surface area (Å²) in [6, 6.07) is 5.31. The molecule has 1 aliphatic carbocycles. The largest absolute Gasteiger partial charge is 0.349 e. The highest BCUT2D eigenvalue weighted by molar-refractivity contribution is 7.15. The van der Waals surface area contributed by atoms with Crippen molar-refractivity contribution in [3.05, 3.63) is 81.6 Å². The number of carbonyl (C=O) groups excluding carboxylic acids is 3. The maximum absolute atomic E-state index is 14.4. The zero-order valence-electron chi connectivity index (χ0n) is 23.2. The molecule has 1 aromatic carbocycles.